The van der Waals surface area contributed by atoms with Gasteiger partial charge in [0.2, 0.25) is 10.0 Å². The highest BCUT2D eigenvalue weighted by molar-refractivity contribution is 7.89. The quantitative estimate of drug-likeness (QED) is 0.836. The van der Waals surface area contributed by atoms with Crippen molar-refractivity contribution in [3.63, 3.8) is 0 Å². The van der Waals surface area contributed by atoms with E-state index >= 15 is 0 Å². The zero-order chi connectivity index (χ0) is 15.6. The predicted molar refractivity (Wildman–Crippen MR) is 81.0 cm³/mol. The molecule has 1 aliphatic rings. The third-order valence-corrected chi connectivity index (χ3v) is 5.80. The Morgan fingerprint density at radius 1 is 1.43 bits per heavy atom. The summed E-state index contributed by atoms with van der Waals surface area (Å²) in [6.45, 7) is 6.56. The zero-order valence-electron chi connectivity index (χ0n) is 12.3. The normalized spacial score (nSPS) is 21.1. The Hall–Kier alpha value is -1.62. The molecule has 7 heteroatoms. The van der Waals surface area contributed by atoms with E-state index in [0.717, 1.165) is 6.54 Å². The minimum atomic E-state index is -3.66. The van der Waals surface area contributed by atoms with Crippen LogP contribution in [0.1, 0.15) is 19.4 Å². The lowest BCUT2D eigenvalue weighted by molar-refractivity contribution is 0.135. The van der Waals surface area contributed by atoms with E-state index in [2.05, 4.69) is 11.8 Å². The maximum atomic E-state index is 12.7. The topological polar surface area (TPSA) is 90.4 Å². The zero-order valence-corrected chi connectivity index (χ0v) is 13.1. The van der Waals surface area contributed by atoms with Crippen molar-refractivity contribution in [2.45, 2.75) is 24.8 Å². The molecule has 1 fully saturated rings. The van der Waals surface area contributed by atoms with Crippen LogP contribution in [0.15, 0.2) is 23.1 Å². The van der Waals surface area contributed by atoms with Crippen molar-refractivity contribution in [3.05, 3.63) is 23.8 Å². The Balaban J connectivity index is 2.34. The second-order valence-electron chi connectivity index (χ2n) is 5.21. The van der Waals surface area contributed by atoms with Crippen LogP contribution < -0.4 is 5.73 Å². The Kier molecular flexibility index (Phi) is 4.52. The third kappa shape index (κ3) is 3.02. The van der Waals surface area contributed by atoms with Gasteiger partial charge in [0.05, 0.1) is 5.56 Å². The van der Waals surface area contributed by atoms with Gasteiger partial charge in [-0.05, 0) is 31.7 Å². The standard InChI is InChI=1S/C14H20N4O2S/c1-3-17-6-7-18(10-11(17)2)21(19,20)14-5-4-13(16)8-12(14)9-15/h4-5,8,11H,3,6-7,10,16H2,1-2H3. The summed E-state index contributed by atoms with van der Waals surface area (Å²) in [5.41, 5.74) is 6.10. The van der Waals surface area contributed by atoms with Crippen LogP contribution in [0, 0.1) is 11.3 Å². The van der Waals surface area contributed by atoms with E-state index in [1.807, 2.05) is 13.0 Å². The first-order valence-electron chi connectivity index (χ1n) is 6.94. The highest BCUT2D eigenvalue weighted by Gasteiger charge is 2.32. The number of likely N-dealkylation sites (N-methyl/N-ethyl adjacent to an activating group) is 1. The van der Waals surface area contributed by atoms with Crippen molar-refractivity contribution in [1.29, 1.82) is 5.26 Å². The van der Waals surface area contributed by atoms with E-state index in [4.69, 9.17) is 11.0 Å². The van der Waals surface area contributed by atoms with Crippen LogP contribution in [0.5, 0.6) is 0 Å². The van der Waals surface area contributed by atoms with Crippen molar-refractivity contribution in [2.24, 2.45) is 0 Å². The van der Waals surface area contributed by atoms with E-state index < -0.39 is 10.0 Å². The molecule has 1 unspecified atom stereocenters. The Morgan fingerprint density at radius 2 is 2.14 bits per heavy atom. The first-order valence-corrected chi connectivity index (χ1v) is 8.38. The molecule has 0 spiro atoms. The van der Waals surface area contributed by atoms with Crippen LogP contribution in [-0.4, -0.2) is 49.8 Å². The first kappa shape index (κ1) is 15.8. The molecule has 1 heterocycles. The number of rotatable bonds is 3. The number of nitrogen functional groups attached to an aromatic ring is 1. The monoisotopic (exact) mass is 308 g/mol. The van der Waals surface area contributed by atoms with Crippen molar-refractivity contribution >= 4 is 15.7 Å². The largest absolute Gasteiger partial charge is 0.399 e. The number of sulfonamides is 1. The van der Waals surface area contributed by atoms with Crippen LogP contribution in [0.2, 0.25) is 0 Å². The van der Waals surface area contributed by atoms with Gasteiger partial charge in [-0.25, -0.2) is 8.42 Å². The fraction of sp³-hybridized carbons (Fsp3) is 0.500. The third-order valence-electron chi connectivity index (χ3n) is 3.88. The molecule has 1 aromatic carbocycles. The van der Waals surface area contributed by atoms with E-state index in [9.17, 15) is 8.42 Å². The molecule has 0 saturated carbocycles. The summed E-state index contributed by atoms with van der Waals surface area (Å²) in [6, 6.07) is 6.41. The lowest BCUT2D eigenvalue weighted by Gasteiger charge is -2.38. The Labute approximate surface area is 125 Å². The van der Waals surface area contributed by atoms with Gasteiger partial charge < -0.3 is 5.73 Å². The molecule has 1 atom stereocenters. The highest BCUT2D eigenvalue weighted by Crippen LogP contribution is 2.24. The number of hydrogen-bond donors (Lipinski definition) is 1. The molecule has 21 heavy (non-hydrogen) atoms. The fourth-order valence-electron chi connectivity index (χ4n) is 2.65. The summed E-state index contributed by atoms with van der Waals surface area (Å²) < 4.78 is 26.9. The molecule has 114 valence electrons. The number of anilines is 1. The van der Waals surface area contributed by atoms with Crippen LogP contribution in [0.25, 0.3) is 0 Å². The van der Waals surface area contributed by atoms with Gasteiger partial charge in [0.15, 0.2) is 0 Å². The molecule has 6 nitrogen and oxygen atoms in total. The summed E-state index contributed by atoms with van der Waals surface area (Å²) in [6.07, 6.45) is 0. The van der Waals surface area contributed by atoms with E-state index in [0.29, 0.717) is 25.3 Å². The Bertz CT molecular complexity index is 666. The lowest BCUT2D eigenvalue weighted by atomic mass is 10.2. The predicted octanol–water partition coefficient (Wildman–Crippen LogP) is 0.855. The summed E-state index contributed by atoms with van der Waals surface area (Å²) in [5, 5.41) is 9.14. The molecule has 1 aliphatic heterocycles. The number of nitrogens with zero attached hydrogens (tertiary/aromatic N) is 3. The van der Waals surface area contributed by atoms with Crippen molar-refractivity contribution in [1.82, 2.24) is 9.21 Å². The highest BCUT2D eigenvalue weighted by atomic mass is 32.2. The van der Waals surface area contributed by atoms with Crippen LogP contribution >= 0.6 is 0 Å². The van der Waals surface area contributed by atoms with E-state index in [1.165, 1.54) is 22.5 Å². The molecular weight excluding hydrogens is 288 g/mol. The van der Waals surface area contributed by atoms with Gasteiger partial charge >= 0.3 is 0 Å². The maximum absolute atomic E-state index is 12.7. The maximum Gasteiger partial charge on any atom is 0.244 e. The average Bonchev–Trinajstić information content (AvgIpc) is 2.46. The molecule has 1 saturated heterocycles. The van der Waals surface area contributed by atoms with Gasteiger partial charge in [-0.1, -0.05) is 6.92 Å². The van der Waals surface area contributed by atoms with Crippen LogP contribution in [-0.2, 0) is 10.0 Å². The molecule has 0 amide bonds. The average molecular weight is 308 g/mol. The van der Waals surface area contributed by atoms with Crippen molar-refractivity contribution in [3.8, 4) is 6.07 Å². The molecule has 0 aliphatic carbocycles. The second kappa shape index (κ2) is 6.02. The van der Waals surface area contributed by atoms with Crippen molar-refractivity contribution in [2.75, 3.05) is 31.9 Å². The summed E-state index contributed by atoms with van der Waals surface area (Å²) >= 11 is 0. The number of hydrogen-bond acceptors (Lipinski definition) is 5. The number of piperazine rings is 1. The molecule has 0 radical (unpaired) electrons. The van der Waals surface area contributed by atoms with E-state index in [-0.39, 0.29) is 16.5 Å². The van der Waals surface area contributed by atoms with Gasteiger partial charge in [0, 0.05) is 31.4 Å². The summed E-state index contributed by atoms with van der Waals surface area (Å²) in [5.74, 6) is 0. The van der Waals surface area contributed by atoms with Gasteiger partial charge in [-0.15, -0.1) is 0 Å². The molecular formula is C14H20N4O2S. The smallest absolute Gasteiger partial charge is 0.244 e. The first-order chi connectivity index (χ1) is 9.90. The minimum Gasteiger partial charge on any atom is -0.399 e. The summed E-state index contributed by atoms with van der Waals surface area (Å²) in [7, 11) is -3.66. The molecule has 2 N–H and O–H groups in total. The Morgan fingerprint density at radius 3 is 2.71 bits per heavy atom. The SMILES string of the molecule is CCN1CCN(S(=O)(=O)c2ccc(N)cc2C#N)CC1C. The fourth-order valence-corrected chi connectivity index (χ4v) is 4.28. The molecule has 1 aromatic rings. The van der Waals surface area contributed by atoms with Crippen LogP contribution in [0.3, 0.4) is 0 Å². The van der Waals surface area contributed by atoms with Crippen molar-refractivity contribution < 1.29 is 8.42 Å². The minimum absolute atomic E-state index is 0.0383. The van der Waals surface area contributed by atoms with E-state index in [1.54, 1.807) is 0 Å². The molecule has 2 rings (SSSR count). The lowest BCUT2D eigenvalue weighted by Crippen LogP contribution is -2.53. The number of benzene rings is 1. The van der Waals surface area contributed by atoms with Gasteiger partial charge in [0.1, 0.15) is 11.0 Å². The second-order valence-corrected chi connectivity index (χ2v) is 7.11. The molecule has 0 bridgehead atoms. The van der Waals surface area contributed by atoms with Gasteiger partial charge in [0.25, 0.3) is 0 Å². The summed E-state index contributed by atoms with van der Waals surface area (Å²) in [4.78, 5) is 2.27. The molecule has 0 aromatic heterocycles. The van der Waals surface area contributed by atoms with Gasteiger partial charge in [-0.2, -0.15) is 9.57 Å². The van der Waals surface area contributed by atoms with Crippen LogP contribution in [0.4, 0.5) is 5.69 Å². The number of nitrogens with two attached hydrogens (primary N) is 1. The van der Waals surface area contributed by atoms with Gasteiger partial charge in [-0.3, -0.25) is 4.90 Å². The number of nitriles is 1.